The standard InChI is InChI=1S/C19H9NO5/c21-15-9-5-1-2-6-10(9)16(22)18-13(15)20-14-17(25-18)11-7-3-4-8-12(11)24-19(14)23/h1-8,20H. The molecule has 0 fully saturated rings. The Bertz CT molecular complexity index is 1560. The van der Waals surface area contributed by atoms with Crippen molar-refractivity contribution in [2.75, 3.05) is 0 Å². The lowest BCUT2D eigenvalue weighted by molar-refractivity contribution is 0.537. The van der Waals surface area contributed by atoms with E-state index in [2.05, 4.69) is 4.98 Å². The molecule has 120 valence electrons. The number of para-hydroxylation sites is 1. The molecule has 0 saturated heterocycles. The zero-order chi connectivity index (χ0) is 17.1. The Kier molecular flexibility index (Phi) is 2.57. The van der Waals surface area contributed by atoms with Gasteiger partial charge < -0.3 is 13.8 Å². The van der Waals surface area contributed by atoms with Crippen molar-refractivity contribution >= 4 is 32.8 Å². The van der Waals surface area contributed by atoms with Crippen molar-refractivity contribution in [1.29, 1.82) is 0 Å². The van der Waals surface area contributed by atoms with Crippen molar-refractivity contribution in [3.05, 3.63) is 90.2 Å². The number of benzene rings is 2. The van der Waals surface area contributed by atoms with E-state index in [0.29, 0.717) is 11.0 Å². The molecule has 0 bridgehead atoms. The van der Waals surface area contributed by atoms with Crippen LogP contribution in [0.4, 0.5) is 0 Å². The molecule has 2 aliphatic rings. The lowest BCUT2D eigenvalue weighted by Gasteiger charge is -2.03. The molecule has 0 unspecified atom stereocenters. The van der Waals surface area contributed by atoms with E-state index in [0.717, 1.165) is 0 Å². The summed E-state index contributed by atoms with van der Waals surface area (Å²) >= 11 is 0. The smallest absolute Gasteiger partial charge is 0.364 e. The molecule has 5 rings (SSSR count). The third-order valence-electron chi connectivity index (χ3n) is 4.30. The van der Waals surface area contributed by atoms with Gasteiger partial charge in [0.15, 0.2) is 11.1 Å². The summed E-state index contributed by atoms with van der Waals surface area (Å²) in [5.41, 5.74) is -1.04. The second-order valence-electron chi connectivity index (χ2n) is 5.72. The largest absolute Gasteiger partial charge is 0.448 e. The number of rotatable bonds is 0. The summed E-state index contributed by atoms with van der Waals surface area (Å²) in [6, 6.07) is 13.3. The van der Waals surface area contributed by atoms with Crippen LogP contribution in [-0.4, -0.2) is 4.98 Å². The average molecular weight is 331 g/mol. The quantitative estimate of drug-likeness (QED) is 0.440. The van der Waals surface area contributed by atoms with Crippen molar-refractivity contribution in [3.63, 3.8) is 0 Å². The highest BCUT2D eigenvalue weighted by molar-refractivity contribution is 5.98. The van der Waals surface area contributed by atoms with Gasteiger partial charge in [-0.25, -0.2) is 4.79 Å². The lowest BCUT2D eigenvalue weighted by Crippen LogP contribution is -2.17. The number of H-pyrrole nitrogens is 1. The van der Waals surface area contributed by atoms with Crippen molar-refractivity contribution in [3.8, 4) is 0 Å². The molecule has 1 aromatic heterocycles. The van der Waals surface area contributed by atoms with Crippen LogP contribution in [0.15, 0.2) is 71.7 Å². The van der Waals surface area contributed by atoms with Gasteiger partial charge in [0.25, 0.3) is 0 Å². The number of hydrogen-bond acceptors (Lipinski definition) is 5. The summed E-state index contributed by atoms with van der Waals surface area (Å²) in [6.45, 7) is 0. The van der Waals surface area contributed by atoms with E-state index < -0.39 is 16.5 Å². The Labute approximate surface area is 137 Å². The molecule has 0 atom stereocenters. The number of fused-ring (bicyclic) bond motifs is 4. The summed E-state index contributed by atoms with van der Waals surface area (Å²) in [4.78, 5) is 40.5. The van der Waals surface area contributed by atoms with Gasteiger partial charge in [-0.05, 0) is 12.1 Å². The van der Waals surface area contributed by atoms with Crippen molar-refractivity contribution < 1.29 is 8.83 Å². The second kappa shape index (κ2) is 4.67. The van der Waals surface area contributed by atoms with Crippen molar-refractivity contribution in [2.45, 2.75) is 0 Å². The fourth-order valence-corrected chi connectivity index (χ4v) is 3.13. The third-order valence-corrected chi connectivity index (χ3v) is 4.30. The van der Waals surface area contributed by atoms with Crippen LogP contribution in [0.25, 0.3) is 32.8 Å². The average Bonchev–Trinajstić information content (AvgIpc) is 2.65. The van der Waals surface area contributed by atoms with Gasteiger partial charge in [0.05, 0.1) is 5.39 Å². The highest BCUT2D eigenvalue weighted by Gasteiger charge is 2.15. The monoisotopic (exact) mass is 331 g/mol. The van der Waals surface area contributed by atoms with Gasteiger partial charge in [0.1, 0.15) is 10.9 Å². The van der Waals surface area contributed by atoms with Gasteiger partial charge in [-0.1, -0.05) is 36.4 Å². The van der Waals surface area contributed by atoms with E-state index in [1.165, 1.54) is 0 Å². The minimum Gasteiger partial charge on any atom is -0.448 e. The second-order valence-corrected chi connectivity index (χ2v) is 5.72. The molecule has 6 heteroatoms. The first kappa shape index (κ1) is 13.7. The van der Waals surface area contributed by atoms with Crippen LogP contribution in [0.1, 0.15) is 0 Å². The van der Waals surface area contributed by atoms with Gasteiger partial charge >= 0.3 is 5.63 Å². The minimum atomic E-state index is -0.667. The predicted molar refractivity (Wildman–Crippen MR) is 92.0 cm³/mol. The molecule has 6 nitrogen and oxygen atoms in total. The van der Waals surface area contributed by atoms with Crippen LogP contribution >= 0.6 is 0 Å². The van der Waals surface area contributed by atoms with Gasteiger partial charge in [-0.3, -0.25) is 9.59 Å². The summed E-state index contributed by atoms with van der Waals surface area (Å²) in [5, 5.41) is 1.05. The first-order valence-corrected chi connectivity index (χ1v) is 7.58. The molecule has 0 radical (unpaired) electrons. The molecular formula is C19H9NO5. The number of aromatic amines is 1. The van der Waals surface area contributed by atoms with Gasteiger partial charge in [0, 0.05) is 10.8 Å². The molecule has 2 aromatic carbocycles. The Morgan fingerprint density at radius 2 is 1.36 bits per heavy atom. The van der Waals surface area contributed by atoms with E-state index >= 15 is 0 Å². The van der Waals surface area contributed by atoms with Gasteiger partial charge in [-0.15, -0.1) is 0 Å². The van der Waals surface area contributed by atoms with E-state index in [4.69, 9.17) is 8.83 Å². The van der Waals surface area contributed by atoms with Crippen LogP contribution in [0.5, 0.6) is 0 Å². The van der Waals surface area contributed by atoms with E-state index in [-0.39, 0.29) is 32.6 Å². The molecule has 1 aliphatic heterocycles. The summed E-state index contributed by atoms with van der Waals surface area (Å²) in [6.07, 6.45) is 0. The molecule has 2 heterocycles. The first-order chi connectivity index (χ1) is 12.1. The maximum absolute atomic E-state index is 12.8. The number of aromatic nitrogens is 1. The zero-order valence-electron chi connectivity index (χ0n) is 12.7. The normalized spacial score (nSPS) is 11.7. The Morgan fingerprint density at radius 1 is 0.720 bits per heavy atom. The molecule has 0 saturated carbocycles. The highest BCUT2D eigenvalue weighted by atomic mass is 16.4. The van der Waals surface area contributed by atoms with E-state index in [9.17, 15) is 14.4 Å². The van der Waals surface area contributed by atoms with Crippen molar-refractivity contribution in [1.82, 2.24) is 4.98 Å². The van der Waals surface area contributed by atoms with Gasteiger partial charge in [-0.2, -0.15) is 0 Å². The Hall–Kier alpha value is -3.67. The summed E-state index contributed by atoms with van der Waals surface area (Å²) < 4.78 is 11.0. The highest BCUT2D eigenvalue weighted by Crippen LogP contribution is 2.21. The van der Waals surface area contributed by atoms with Crippen LogP contribution < -0.4 is 16.5 Å². The number of hydrogen-bond donors (Lipinski definition) is 1. The first-order valence-electron chi connectivity index (χ1n) is 7.58. The molecule has 3 aromatic rings. The molecule has 1 N–H and O–H groups in total. The van der Waals surface area contributed by atoms with Gasteiger partial charge in [0.2, 0.25) is 16.3 Å². The lowest BCUT2D eigenvalue weighted by atomic mass is 10.1. The Morgan fingerprint density at radius 3 is 2.12 bits per heavy atom. The topological polar surface area (TPSA) is 93.3 Å². The molecular weight excluding hydrogens is 322 g/mol. The number of nitrogens with one attached hydrogen (secondary N) is 1. The van der Waals surface area contributed by atoms with Crippen LogP contribution in [0.3, 0.4) is 0 Å². The minimum absolute atomic E-state index is 0.0120. The summed E-state index contributed by atoms with van der Waals surface area (Å²) in [7, 11) is 0. The van der Waals surface area contributed by atoms with E-state index in [1.54, 1.807) is 48.5 Å². The van der Waals surface area contributed by atoms with Crippen LogP contribution in [-0.2, 0) is 0 Å². The third kappa shape index (κ3) is 1.76. The SMILES string of the molecule is O=c1c2[nH]c3c(=O)oc4ccccc4c3oc=2c(=O)c2ccccc12. The maximum atomic E-state index is 12.8. The molecule has 1 aliphatic carbocycles. The maximum Gasteiger partial charge on any atom is 0.364 e. The summed E-state index contributed by atoms with van der Waals surface area (Å²) in [5.74, 6) is 0. The zero-order valence-corrected chi connectivity index (χ0v) is 12.7. The van der Waals surface area contributed by atoms with Crippen LogP contribution in [0, 0.1) is 10.8 Å². The fraction of sp³-hybridized carbons (Fsp3) is 0. The predicted octanol–water partition coefficient (Wildman–Crippen LogP) is 2.47. The molecule has 0 spiro atoms. The van der Waals surface area contributed by atoms with Crippen LogP contribution in [0.2, 0.25) is 0 Å². The van der Waals surface area contributed by atoms with Crippen molar-refractivity contribution in [2.24, 2.45) is 0 Å². The Balaban J connectivity index is 2.20. The molecule has 25 heavy (non-hydrogen) atoms. The van der Waals surface area contributed by atoms with E-state index in [1.807, 2.05) is 0 Å². The molecule has 0 amide bonds. The fourth-order valence-electron chi connectivity index (χ4n) is 3.13.